The summed E-state index contributed by atoms with van der Waals surface area (Å²) in [5.41, 5.74) is 0. The summed E-state index contributed by atoms with van der Waals surface area (Å²) < 4.78 is 0. The van der Waals surface area contributed by atoms with Crippen molar-refractivity contribution in [3.8, 4) is 0 Å². The topological polar surface area (TPSA) is 42.9 Å². The van der Waals surface area contributed by atoms with Gasteiger partial charge in [0.1, 0.15) is 0 Å². The molecule has 1 atom stereocenters. The van der Waals surface area contributed by atoms with E-state index in [0.717, 1.165) is 31.5 Å². The van der Waals surface area contributed by atoms with Gasteiger partial charge in [-0.15, -0.1) is 24.0 Å². The molecule has 2 aliphatic rings. The maximum Gasteiger partial charge on any atom is 0.191 e. The van der Waals surface area contributed by atoms with Gasteiger partial charge in [-0.25, -0.2) is 0 Å². The Morgan fingerprint density at radius 2 is 1.83 bits per heavy atom. The third-order valence-electron chi connectivity index (χ3n) is 4.86. The van der Waals surface area contributed by atoms with Crippen molar-refractivity contribution in [2.75, 3.05) is 59.4 Å². The summed E-state index contributed by atoms with van der Waals surface area (Å²) in [5, 5.41) is 6.97. The second kappa shape index (κ2) is 12.3. The van der Waals surface area contributed by atoms with Crippen LogP contribution in [-0.4, -0.2) is 75.2 Å². The van der Waals surface area contributed by atoms with Crippen LogP contribution < -0.4 is 10.6 Å². The molecule has 0 amide bonds. The van der Waals surface area contributed by atoms with Crippen molar-refractivity contribution >= 4 is 29.9 Å². The quantitative estimate of drug-likeness (QED) is 0.363. The van der Waals surface area contributed by atoms with Crippen LogP contribution in [0.3, 0.4) is 0 Å². The SMILES string of the molecule is CCCN1CCC(CNC(=NC)NCCN2CCCCC2)C1.I. The summed E-state index contributed by atoms with van der Waals surface area (Å²) in [6, 6.07) is 0. The molecule has 2 aliphatic heterocycles. The number of hydrogen-bond donors (Lipinski definition) is 2. The van der Waals surface area contributed by atoms with E-state index in [0.29, 0.717) is 0 Å². The zero-order chi connectivity index (χ0) is 15.6. The standard InChI is InChI=1S/C17H35N5.HI/c1-3-9-22-12-7-16(15-22)14-20-17(18-2)19-8-13-21-10-5-4-6-11-21;/h16H,3-15H2,1-2H3,(H2,18,19,20);1H. The molecule has 0 bridgehead atoms. The zero-order valence-corrected chi connectivity index (χ0v) is 17.3. The molecule has 2 rings (SSSR count). The number of halogens is 1. The Balaban J connectivity index is 0.00000264. The molecule has 2 heterocycles. The first-order valence-corrected chi connectivity index (χ1v) is 9.21. The highest BCUT2D eigenvalue weighted by atomic mass is 127. The Hall–Kier alpha value is -0.0800. The van der Waals surface area contributed by atoms with Gasteiger partial charge in [0, 0.05) is 33.2 Å². The van der Waals surface area contributed by atoms with Crippen LogP contribution in [-0.2, 0) is 0 Å². The van der Waals surface area contributed by atoms with Gasteiger partial charge in [-0.3, -0.25) is 4.99 Å². The molecule has 0 spiro atoms. The minimum absolute atomic E-state index is 0. The van der Waals surface area contributed by atoms with Gasteiger partial charge in [0.2, 0.25) is 0 Å². The van der Waals surface area contributed by atoms with E-state index in [-0.39, 0.29) is 24.0 Å². The van der Waals surface area contributed by atoms with E-state index in [1.807, 2.05) is 7.05 Å². The number of hydrogen-bond acceptors (Lipinski definition) is 3. The number of nitrogens with zero attached hydrogens (tertiary/aromatic N) is 3. The van der Waals surface area contributed by atoms with Crippen molar-refractivity contribution in [3.05, 3.63) is 0 Å². The average molecular weight is 437 g/mol. The number of aliphatic imine (C=N–C) groups is 1. The molecule has 2 fully saturated rings. The van der Waals surface area contributed by atoms with Crippen LogP contribution in [0.1, 0.15) is 39.0 Å². The molecule has 2 saturated heterocycles. The van der Waals surface area contributed by atoms with Gasteiger partial charge in [0.25, 0.3) is 0 Å². The van der Waals surface area contributed by atoms with E-state index in [9.17, 15) is 0 Å². The molecule has 0 aromatic heterocycles. The average Bonchev–Trinajstić information content (AvgIpc) is 3.00. The number of rotatable bonds is 7. The van der Waals surface area contributed by atoms with Gasteiger partial charge >= 0.3 is 0 Å². The van der Waals surface area contributed by atoms with Crippen LogP contribution in [0.5, 0.6) is 0 Å². The molecule has 0 aromatic carbocycles. The van der Waals surface area contributed by atoms with Crippen molar-refractivity contribution in [2.45, 2.75) is 39.0 Å². The molecule has 23 heavy (non-hydrogen) atoms. The smallest absolute Gasteiger partial charge is 0.191 e. The first-order valence-electron chi connectivity index (χ1n) is 9.21. The fourth-order valence-corrected chi connectivity index (χ4v) is 3.58. The normalized spacial score (nSPS) is 23.6. The molecular weight excluding hydrogens is 401 g/mol. The lowest BCUT2D eigenvalue weighted by atomic mass is 10.1. The van der Waals surface area contributed by atoms with Crippen molar-refractivity contribution in [3.63, 3.8) is 0 Å². The molecule has 0 radical (unpaired) electrons. The maximum absolute atomic E-state index is 4.35. The predicted molar refractivity (Wildman–Crippen MR) is 110 cm³/mol. The van der Waals surface area contributed by atoms with Crippen molar-refractivity contribution < 1.29 is 0 Å². The third-order valence-corrected chi connectivity index (χ3v) is 4.86. The Morgan fingerprint density at radius 1 is 1.04 bits per heavy atom. The largest absolute Gasteiger partial charge is 0.356 e. The van der Waals surface area contributed by atoms with E-state index in [1.54, 1.807) is 0 Å². The number of likely N-dealkylation sites (tertiary alicyclic amines) is 2. The molecule has 2 N–H and O–H groups in total. The lowest BCUT2D eigenvalue weighted by Crippen LogP contribution is -2.44. The van der Waals surface area contributed by atoms with Gasteiger partial charge in [0.05, 0.1) is 0 Å². The van der Waals surface area contributed by atoms with Crippen LogP contribution in [0.2, 0.25) is 0 Å². The van der Waals surface area contributed by atoms with E-state index < -0.39 is 0 Å². The Bertz CT molecular complexity index is 331. The molecule has 136 valence electrons. The Kier molecular flexibility index (Phi) is 11.2. The van der Waals surface area contributed by atoms with Gasteiger partial charge in [0.15, 0.2) is 5.96 Å². The van der Waals surface area contributed by atoms with Gasteiger partial charge in [-0.2, -0.15) is 0 Å². The lowest BCUT2D eigenvalue weighted by Gasteiger charge is -2.26. The monoisotopic (exact) mass is 437 g/mol. The van der Waals surface area contributed by atoms with Crippen LogP contribution in [0.15, 0.2) is 4.99 Å². The minimum Gasteiger partial charge on any atom is -0.356 e. The number of piperidine rings is 1. The summed E-state index contributed by atoms with van der Waals surface area (Å²) in [5.74, 6) is 1.73. The Labute approximate surface area is 159 Å². The first-order chi connectivity index (χ1) is 10.8. The molecular formula is C17H36IN5. The number of nitrogens with one attached hydrogen (secondary N) is 2. The molecule has 5 nitrogen and oxygen atoms in total. The Morgan fingerprint density at radius 3 is 2.52 bits per heavy atom. The summed E-state index contributed by atoms with van der Waals surface area (Å²) in [4.78, 5) is 9.49. The fourth-order valence-electron chi connectivity index (χ4n) is 3.58. The van der Waals surface area contributed by atoms with Gasteiger partial charge in [-0.1, -0.05) is 13.3 Å². The minimum atomic E-state index is 0. The molecule has 0 saturated carbocycles. The van der Waals surface area contributed by atoms with Crippen molar-refractivity contribution in [1.29, 1.82) is 0 Å². The predicted octanol–water partition coefficient (Wildman–Crippen LogP) is 1.99. The first kappa shape index (κ1) is 21.0. The van der Waals surface area contributed by atoms with E-state index in [1.165, 1.54) is 64.8 Å². The fraction of sp³-hybridized carbons (Fsp3) is 0.941. The summed E-state index contributed by atoms with van der Waals surface area (Å²) in [6.45, 7) is 11.7. The molecule has 0 aliphatic carbocycles. The molecule has 1 unspecified atom stereocenters. The van der Waals surface area contributed by atoms with E-state index in [2.05, 4.69) is 32.3 Å². The molecule has 6 heteroatoms. The summed E-state index contributed by atoms with van der Waals surface area (Å²) >= 11 is 0. The zero-order valence-electron chi connectivity index (χ0n) is 15.0. The summed E-state index contributed by atoms with van der Waals surface area (Å²) in [7, 11) is 1.87. The highest BCUT2D eigenvalue weighted by Crippen LogP contribution is 2.15. The highest BCUT2D eigenvalue weighted by Gasteiger charge is 2.21. The van der Waals surface area contributed by atoms with Crippen molar-refractivity contribution in [1.82, 2.24) is 20.4 Å². The maximum atomic E-state index is 4.35. The van der Waals surface area contributed by atoms with Crippen molar-refractivity contribution in [2.24, 2.45) is 10.9 Å². The highest BCUT2D eigenvalue weighted by molar-refractivity contribution is 14.0. The van der Waals surface area contributed by atoms with Crippen LogP contribution >= 0.6 is 24.0 Å². The van der Waals surface area contributed by atoms with Gasteiger partial charge < -0.3 is 20.4 Å². The van der Waals surface area contributed by atoms with E-state index in [4.69, 9.17) is 0 Å². The van der Waals surface area contributed by atoms with Crippen LogP contribution in [0.25, 0.3) is 0 Å². The van der Waals surface area contributed by atoms with Gasteiger partial charge in [-0.05, 0) is 57.8 Å². The molecule has 0 aromatic rings. The summed E-state index contributed by atoms with van der Waals surface area (Å²) in [6.07, 6.45) is 6.72. The van der Waals surface area contributed by atoms with Crippen LogP contribution in [0.4, 0.5) is 0 Å². The van der Waals surface area contributed by atoms with E-state index >= 15 is 0 Å². The second-order valence-corrected chi connectivity index (χ2v) is 6.74. The number of guanidine groups is 1. The van der Waals surface area contributed by atoms with Crippen LogP contribution in [0, 0.1) is 5.92 Å². The third kappa shape index (κ3) is 8.03. The lowest BCUT2D eigenvalue weighted by molar-refractivity contribution is 0.232. The second-order valence-electron chi connectivity index (χ2n) is 6.74.